The average Bonchev–Trinajstić information content (AvgIpc) is 2.91. The lowest BCUT2D eigenvalue weighted by atomic mass is 10.1. The molecule has 0 atom stereocenters. The molecule has 2 N–H and O–H groups in total. The van der Waals surface area contributed by atoms with Crippen LogP contribution in [0.15, 0.2) is 41.6 Å². The topological polar surface area (TPSA) is 100 Å². The van der Waals surface area contributed by atoms with Crippen molar-refractivity contribution >= 4 is 17.8 Å². The number of amides is 1. The molecule has 1 aromatic heterocycles. The van der Waals surface area contributed by atoms with Crippen molar-refractivity contribution in [2.24, 2.45) is 5.10 Å². The molecule has 0 saturated carbocycles. The van der Waals surface area contributed by atoms with Crippen molar-refractivity contribution in [3.8, 4) is 0 Å². The van der Waals surface area contributed by atoms with Crippen molar-refractivity contribution < 1.29 is 9.72 Å². The fraction of sp³-hybridized carbons (Fsp3) is 0.0769. The van der Waals surface area contributed by atoms with Gasteiger partial charge < -0.3 is 4.98 Å². The van der Waals surface area contributed by atoms with E-state index in [1.807, 2.05) is 6.07 Å². The number of nitrogens with zero attached hydrogens (tertiary/aromatic N) is 2. The van der Waals surface area contributed by atoms with E-state index in [-0.39, 0.29) is 5.69 Å². The number of hydrogen-bond donors (Lipinski definition) is 2. The van der Waals surface area contributed by atoms with Gasteiger partial charge in [-0.05, 0) is 31.2 Å². The van der Waals surface area contributed by atoms with E-state index in [4.69, 9.17) is 0 Å². The van der Waals surface area contributed by atoms with Gasteiger partial charge in [0.05, 0.1) is 16.8 Å². The van der Waals surface area contributed by atoms with Crippen molar-refractivity contribution in [1.82, 2.24) is 10.4 Å². The van der Waals surface area contributed by atoms with E-state index in [1.165, 1.54) is 24.4 Å². The van der Waals surface area contributed by atoms with Gasteiger partial charge in [-0.15, -0.1) is 0 Å². The number of nitrogens with one attached hydrogen (secondary N) is 2. The highest BCUT2D eigenvalue weighted by molar-refractivity contribution is 5.95. The number of rotatable bonds is 4. The van der Waals surface area contributed by atoms with Crippen LogP contribution < -0.4 is 5.43 Å². The Bertz CT molecular complexity index is 662. The maximum atomic E-state index is 11.8. The second-order valence-corrected chi connectivity index (χ2v) is 4.08. The Morgan fingerprint density at radius 2 is 2.25 bits per heavy atom. The summed E-state index contributed by atoms with van der Waals surface area (Å²) in [5.74, 6) is -0.425. The summed E-state index contributed by atoms with van der Waals surface area (Å²) in [4.78, 5) is 24.9. The highest BCUT2D eigenvalue weighted by atomic mass is 16.6. The lowest BCUT2D eigenvalue weighted by molar-refractivity contribution is -0.385. The molecule has 1 aromatic carbocycles. The van der Waals surface area contributed by atoms with Crippen molar-refractivity contribution in [3.05, 3.63) is 63.5 Å². The highest BCUT2D eigenvalue weighted by Crippen LogP contribution is 2.18. The molecule has 0 fully saturated rings. The molecule has 0 saturated heterocycles. The van der Waals surface area contributed by atoms with E-state index in [0.717, 1.165) is 5.69 Å². The zero-order valence-corrected chi connectivity index (χ0v) is 10.7. The smallest absolute Gasteiger partial charge is 0.272 e. The molecular weight excluding hydrogens is 260 g/mol. The first-order valence-electron chi connectivity index (χ1n) is 5.80. The fourth-order valence-electron chi connectivity index (χ4n) is 1.65. The Morgan fingerprint density at radius 1 is 1.45 bits per heavy atom. The van der Waals surface area contributed by atoms with Crippen molar-refractivity contribution in [2.75, 3.05) is 0 Å². The quantitative estimate of drug-likeness (QED) is 0.505. The van der Waals surface area contributed by atoms with Crippen LogP contribution in [-0.4, -0.2) is 22.0 Å². The van der Waals surface area contributed by atoms with E-state index < -0.39 is 10.8 Å². The Kier molecular flexibility index (Phi) is 3.90. The molecule has 2 aromatic rings. The first-order valence-corrected chi connectivity index (χ1v) is 5.80. The summed E-state index contributed by atoms with van der Waals surface area (Å²) in [6.07, 6.45) is 3.21. The minimum absolute atomic E-state index is 0.0172. The van der Waals surface area contributed by atoms with Gasteiger partial charge in [0.25, 0.3) is 11.6 Å². The van der Waals surface area contributed by atoms with Gasteiger partial charge in [0.15, 0.2) is 0 Å². The molecule has 0 aliphatic rings. The summed E-state index contributed by atoms with van der Waals surface area (Å²) < 4.78 is 0. The van der Waals surface area contributed by atoms with E-state index in [9.17, 15) is 14.9 Å². The normalized spacial score (nSPS) is 10.7. The number of hydrazone groups is 1. The minimum Gasteiger partial charge on any atom is -0.360 e. The number of H-pyrrole nitrogens is 1. The third-order valence-electron chi connectivity index (χ3n) is 2.65. The van der Waals surface area contributed by atoms with Gasteiger partial charge in [0.1, 0.15) is 0 Å². The van der Waals surface area contributed by atoms with Gasteiger partial charge in [-0.25, -0.2) is 5.43 Å². The number of nitro benzene ring substituents is 1. The van der Waals surface area contributed by atoms with Gasteiger partial charge in [0.2, 0.25) is 0 Å². The molecule has 0 aliphatic carbocycles. The molecule has 0 radical (unpaired) electrons. The molecule has 7 heteroatoms. The number of benzene rings is 1. The lowest BCUT2D eigenvalue weighted by Crippen LogP contribution is -2.17. The van der Waals surface area contributed by atoms with Gasteiger partial charge >= 0.3 is 0 Å². The van der Waals surface area contributed by atoms with E-state index in [0.29, 0.717) is 11.1 Å². The van der Waals surface area contributed by atoms with Crippen LogP contribution in [0.2, 0.25) is 0 Å². The molecule has 1 amide bonds. The average molecular weight is 272 g/mol. The van der Waals surface area contributed by atoms with Crippen LogP contribution in [0.1, 0.15) is 21.6 Å². The first kappa shape index (κ1) is 13.5. The van der Waals surface area contributed by atoms with Gasteiger partial charge in [0, 0.05) is 23.4 Å². The molecule has 0 aliphatic heterocycles. The van der Waals surface area contributed by atoms with E-state index >= 15 is 0 Å². The summed E-state index contributed by atoms with van der Waals surface area (Å²) in [5, 5.41) is 14.5. The maximum absolute atomic E-state index is 11.8. The zero-order chi connectivity index (χ0) is 14.5. The second-order valence-electron chi connectivity index (χ2n) is 4.08. The Labute approximate surface area is 114 Å². The van der Waals surface area contributed by atoms with E-state index in [1.54, 1.807) is 19.2 Å². The van der Waals surface area contributed by atoms with E-state index in [2.05, 4.69) is 15.5 Å². The molecule has 0 unspecified atom stereocenters. The molecule has 0 spiro atoms. The predicted molar refractivity (Wildman–Crippen MR) is 73.7 cm³/mol. The summed E-state index contributed by atoms with van der Waals surface area (Å²) >= 11 is 0. The molecule has 7 nitrogen and oxygen atoms in total. The largest absolute Gasteiger partial charge is 0.360 e. The molecule has 1 heterocycles. The SMILES string of the molecule is Cc1cc(C(=O)NN=Cc2ccc[nH]2)ccc1[N+](=O)[O-]. The van der Waals surface area contributed by atoms with Gasteiger partial charge in [-0.2, -0.15) is 5.10 Å². The van der Waals surface area contributed by atoms with Crippen LogP contribution >= 0.6 is 0 Å². The molecule has 2 rings (SSSR count). The predicted octanol–water partition coefficient (Wildman–Crippen LogP) is 2.00. The molecule has 20 heavy (non-hydrogen) atoms. The Hall–Kier alpha value is -2.96. The van der Waals surface area contributed by atoms with Crippen molar-refractivity contribution in [2.45, 2.75) is 6.92 Å². The van der Waals surface area contributed by atoms with Crippen molar-refractivity contribution in [1.29, 1.82) is 0 Å². The van der Waals surface area contributed by atoms with Crippen LogP contribution in [-0.2, 0) is 0 Å². The highest BCUT2D eigenvalue weighted by Gasteiger charge is 2.13. The molecule has 102 valence electrons. The number of carbonyl (C=O) groups is 1. The maximum Gasteiger partial charge on any atom is 0.272 e. The summed E-state index contributed by atoms with van der Waals surface area (Å²) in [6, 6.07) is 7.76. The fourth-order valence-corrected chi connectivity index (χ4v) is 1.65. The Morgan fingerprint density at radius 3 is 2.85 bits per heavy atom. The minimum atomic E-state index is -0.486. The number of aryl methyl sites for hydroxylation is 1. The van der Waals surface area contributed by atoms with Crippen LogP contribution in [0.4, 0.5) is 5.69 Å². The number of aromatic amines is 1. The lowest BCUT2D eigenvalue weighted by Gasteiger charge is -2.02. The number of carbonyl (C=O) groups excluding carboxylic acids is 1. The summed E-state index contributed by atoms with van der Waals surface area (Å²) in [7, 11) is 0. The summed E-state index contributed by atoms with van der Waals surface area (Å²) in [5.41, 5.74) is 3.83. The van der Waals surface area contributed by atoms with Crippen molar-refractivity contribution in [3.63, 3.8) is 0 Å². The zero-order valence-electron chi connectivity index (χ0n) is 10.7. The second kappa shape index (κ2) is 5.79. The van der Waals surface area contributed by atoms with Gasteiger partial charge in [-0.3, -0.25) is 14.9 Å². The van der Waals surface area contributed by atoms with Gasteiger partial charge in [-0.1, -0.05) is 0 Å². The summed E-state index contributed by atoms with van der Waals surface area (Å²) in [6.45, 7) is 1.58. The molecular formula is C13H12N4O3. The monoisotopic (exact) mass is 272 g/mol. The standard InChI is InChI=1S/C13H12N4O3/c1-9-7-10(4-5-12(9)17(19)20)13(18)16-15-8-11-3-2-6-14-11/h2-8,14H,1H3,(H,16,18). The van der Waals surface area contributed by atoms with Crippen LogP contribution in [0, 0.1) is 17.0 Å². The number of hydrogen-bond acceptors (Lipinski definition) is 4. The van der Waals surface area contributed by atoms with Crippen LogP contribution in [0.5, 0.6) is 0 Å². The Balaban J connectivity index is 2.06. The third-order valence-corrected chi connectivity index (χ3v) is 2.65. The van der Waals surface area contributed by atoms with Crippen LogP contribution in [0.3, 0.4) is 0 Å². The molecule has 0 bridgehead atoms. The number of aromatic nitrogens is 1. The van der Waals surface area contributed by atoms with Crippen LogP contribution in [0.25, 0.3) is 0 Å². The third kappa shape index (κ3) is 3.08. The first-order chi connectivity index (χ1) is 9.58. The number of nitro groups is 1.